The molecule has 0 fully saturated rings. The minimum Gasteiger partial charge on any atom is -0.324 e. The van der Waals surface area contributed by atoms with Gasteiger partial charge in [-0.3, -0.25) is 28.8 Å². The molecule has 64 heavy (non-hydrogen) atoms. The van der Waals surface area contributed by atoms with Gasteiger partial charge in [0, 0.05) is 22.7 Å². The van der Waals surface area contributed by atoms with Crippen molar-refractivity contribution in [2.24, 2.45) is 20.5 Å². The number of hydrogen-bond acceptors (Lipinski definition) is 10. The zero-order valence-electron chi connectivity index (χ0n) is 35.3. The molecule has 0 bridgehead atoms. The van der Waals surface area contributed by atoms with Gasteiger partial charge in [-0.05, 0) is 124 Å². The summed E-state index contributed by atoms with van der Waals surface area (Å²) >= 11 is 25.5. The van der Waals surface area contributed by atoms with Crippen LogP contribution in [0.4, 0.5) is 34.1 Å². The van der Waals surface area contributed by atoms with E-state index in [0.29, 0.717) is 28.2 Å². The van der Waals surface area contributed by atoms with Crippen LogP contribution >= 0.6 is 46.4 Å². The Morgan fingerprint density at radius 2 is 0.906 bits per heavy atom. The standard InChI is InChI=1S/C46H42Cl4N8O6/c1-23-19-33(53-45(63)41(27(5)59)57-55-36-17-9-15-34(38(36)49)43(61)51-31-13-7-11-29(21-31)25(3)47)20-24(2)40(23)54-46(64)42(28(6)60)58-56-37-18-10-16-35(39(37)50)44(62)52-32-14-8-12-30(22-32)26(4)48/h7-22,25-26,41-42H,1-6H3,(H,51,61)(H,52,62)(H,53,63)(H,54,64). The van der Waals surface area contributed by atoms with E-state index >= 15 is 0 Å². The highest BCUT2D eigenvalue weighted by molar-refractivity contribution is 6.37. The summed E-state index contributed by atoms with van der Waals surface area (Å²) in [6.45, 7) is 9.29. The number of alkyl halides is 2. The Labute approximate surface area is 389 Å². The molecule has 4 amide bonds. The van der Waals surface area contributed by atoms with Crippen LogP contribution in [-0.2, 0) is 19.2 Å². The van der Waals surface area contributed by atoms with Gasteiger partial charge in [0.1, 0.15) is 11.4 Å². The van der Waals surface area contributed by atoms with Crippen molar-refractivity contribution in [3.05, 3.63) is 140 Å². The van der Waals surface area contributed by atoms with Gasteiger partial charge < -0.3 is 21.3 Å². The Bertz CT molecular complexity index is 2680. The second-order valence-corrected chi connectivity index (χ2v) is 16.7. The number of hydrogen-bond donors (Lipinski definition) is 4. The lowest BCUT2D eigenvalue weighted by molar-refractivity contribution is -0.127. The van der Waals surface area contributed by atoms with E-state index in [4.69, 9.17) is 46.4 Å². The fraction of sp³-hybridized carbons (Fsp3) is 0.217. The monoisotopic (exact) mass is 942 g/mol. The molecule has 0 saturated heterocycles. The maximum atomic E-state index is 13.5. The maximum absolute atomic E-state index is 13.5. The zero-order chi connectivity index (χ0) is 46.8. The first kappa shape index (κ1) is 48.7. The van der Waals surface area contributed by atoms with Crippen LogP contribution in [0.5, 0.6) is 0 Å². The highest BCUT2D eigenvalue weighted by Crippen LogP contribution is 2.33. The van der Waals surface area contributed by atoms with Gasteiger partial charge in [0.25, 0.3) is 23.6 Å². The Balaban J connectivity index is 1.26. The third kappa shape index (κ3) is 12.4. The molecule has 0 saturated carbocycles. The van der Waals surface area contributed by atoms with Crippen LogP contribution < -0.4 is 21.3 Å². The number of amides is 4. The number of benzene rings is 5. The molecule has 0 spiro atoms. The summed E-state index contributed by atoms with van der Waals surface area (Å²) in [6.07, 6.45) is 0. The zero-order valence-corrected chi connectivity index (χ0v) is 38.3. The Morgan fingerprint density at radius 1 is 0.516 bits per heavy atom. The van der Waals surface area contributed by atoms with Crippen LogP contribution in [0, 0.1) is 13.8 Å². The SMILES string of the molecule is CC(=O)C(N=Nc1cccc(C(=O)Nc2cccc(C(C)Cl)c2)c1Cl)C(=O)Nc1cc(C)c(NC(=O)C(N=Nc2cccc(C(=O)Nc3cccc(C(C)Cl)c3)c2Cl)C(C)=O)c(C)c1. The van der Waals surface area contributed by atoms with Crippen molar-refractivity contribution in [1.29, 1.82) is 0 Å². The Morgan fingerprint density at radius 3 is 1.30 bits per heavy atom. The topological polar surface area (TPSA) is 200 Å². The molecular weight excluding hydrogens is 902 g/mol. The molecule has 5 rings (SSSR count). The van der Waals surface area contributed by atoms with Gasteiger partial charge in [-0.15, -0.1) is 23.2 Å². The van der Waals surface area contributed by atoms with Crippen LogP contribution in [0.1, 0.15) is 81.4 Å². The van der Waals surface area contributed by atoms with Gasteiger partial charge in [-0.1, -0.05) is 59.6 Å². The minimum absolute atomic E-state index is 0.0473. The van der Waals surface area contributed by atoms with Crippen LogP contribution in [0.15, 0.2) is 118 Å². The summed E-state index contributed by atoms with van der Waals surface area (Å²) in [6, 6.07) is 23.0. The molecule has 4 unspecified atom stereocenters. The molecule has 5 aromatic carbocycles. The number of ketones is 2. The van der Waals surface area contributed by atoms with Gasteiger partial charge in [-0.2, -0.15) is 20.5 Å². The van der Waals surface area contributed by atoms with Crippen molar-refractivity contribution < 1.29 is 28.8 Å². The second kappa shape index (κ2) is 21.8. The maximum Gasteiger partial charge on any atom is 0.258 e. The van der Waals surface area contributed by atoms with Crippen LogP contribution in [0.3, 0.4) is 0 Å². The number of rotatable bonds is 16. The first-order chi connectivity index (χ1) is 30.3. The van der Waals surface area contributed by atoms with E-state index in [9.17, 15) is 28.8 Å². The summed E-state index contributed by atoms with van der Waals surface area (Å²) in [5, 5.41) is 26.4. The third-order valence-electron chi connectivity index (χ3n) is 9.53. The average molecular weight is 945 g/mol. The van der Waals surface area contributed by atoms with Gasteiger partial charge in [0.2, 0.25) is 12.1 Å². The highest BCUT2D eigenvalue weighted by Gasteiger charge is 2.27. The van der Waals surface area contributed by atoms with Crippen LogP contribution in [0.25, 0.3) is 0 Å². The Hall–Kier alpha value is -6.32. The van der Waals surface area contributed by atoms with Crippen molar-refractivity contribution in [3.8, 4) is 0 Å². The quantitative estimate of drug-likeness (QED) is 0.0431. The molecule has 4 N–H and O–H groups in total. The number of nitrogens with one attached hydrogen (secondary N) is 4. The molecule has 0 radical (unpaired) electrons. The third-order valence-corrected chi connectivity index (χ3v) is 10.8. The molecule has 4 atom stereocenters. The number of halogens is 4. The van der Waals surface area contributed by atoms with E-state index in [1.807, 2.05) is 26.0 Å². The van der Waals surface area contributed by atoms with Crippen molar-refractivity contribution in [1.82, 2.24) is 0 Å². The van der Waals surface area contributed by atoms with Crippen molar-refractivity contribution in [2.75, 3.05) is 21.3 Å². The van der Waals surface area contributed by atoms with Crippen molar-refractivity contribution in [3.63, 3.8) is 0 Å². The lowest BCUT2D eigenvalue weighted by Crippen LogP contribution is -2.33. The second-order valence-electron chi connectivity index (χ2n) is 14.6. The summed E-state index contributed by atoms with van der Waals surface area (Å²) in [5.74, 6) is -3.90. The van der Waals surface area contributed by atoms with Crippen molar-refractivity contribution >= 4 is 116 Å². The molecule has 0 aliphatic carbocycles. The molecule has 0 heterocycles. The molecule has 330 valence electrons. The molecule has 5 aromatic rings. The van der Waals surface area contributed by atoms with E-state index < -0.39 is 47.3 Å². The number of nitrogens with zero attached hydrogens (tertiary/aromatic N) is 4. The first-order valence-electron chi connectivity index (χ1n) is 19.6. The fourth-order valence-corrected chi connectivity index (χ4v) is 6.95. The predicted octanol–water partition coefficient (Wildman–Crippen LogP) is 12.1. The van der Waals surface area contributed by atoms with E-state index in [1.165, 1.54) is 50.2 Å². The number of aryl methyl sites for hydroxylation is 2. The summed E-state index contributed by atoms with van der Waals surface area (Å²) in [5.41, 5.74) is 4.46. The van der Waals surface area contributed by atoms with Gasteiger partial charge in [0.15, 0.2) is 11.6 Å². The summed E-state index contributed by atoms with van der Waals surface area (Å²) in [7, 11) is 0. The number of azo groups is 2. The van der Waals surface area contributed by atoms with Crippen molar-refractivity contribution in [2.45, 2.75) is 64.4 Å². The lowest BCUT2D eigenvalue weighted by Gasteiger charge is -2.17. The predicted molar refractivity (Wildman–Crippen MR) is 251 cm³/mol. The largest absolute Gasteiger partial charge is 0.324 e. The summed E-state index contributed by atoms with van der Waals surface area (Å²) in [4.78, 5) is 78.4. The number of Topliss-reactive ketones (excluding diaryl/α,β-unsaturated/α-hetero) is 2. The molecule has 14 nitrogen and oxygen atoms in total. The minimum atomic E-state index is -1.59. The van der Waals surface area contributed by atoms with E-state index in [0.717, 1.165) is 11.1 Å². The van der Waals surface area contributed by atoms with Gasteiger partial charge in [-0.25, -0.2) is 0 Å². The fourth-order valence-electron chi connectivity index (χ4n) is 6.18. The number of anilines is 4. The normalized spacial score (nSPS) is 13.2. The van der Waals surface area contributed by atoms with E-state index in [2.05, 4.69) is 41.7 Å². The lowest BCUT2D eigenvalue weighted by atomic mass is 10.1. The molecule has 0 aliphatic rings. The summed E-state index contributed by atoms with van der Waals surface area (Å²) < 4.78 is 0. The van der Waals surface area contributed by atoms with Crippen LogP contribution in [-0.4, -0.2) is 47.3 Å². The molecule has 0 aliphatic heterocycles. The molecule has 0 aromatic heterocycles. The number of carbonyl (C=O) groups excluding carboxylic acids is 6. The first-order valence-corrected chi connectivity index (χ1v) is 21.2. The van der Waals surface area contributed by atoms with E-state index in [-0.39, 0.29) is 49.0 Å². The highest BCUT2D eigenvalue weighted by atomic mass is 35.5. The van der Waals surface area contributed by atoms with Crippen LogP contribution in [0.2, 0.25) is 10.0 Å². The molecule has 18 heteroatoms. The average Bonchev–Trinajstić information content (AvgIpc) is 3.23. The number of carbonyl (C=O) groups is 6. The van der Waals surface area contributed by atoms with Gasteiger partial charge in [0.05, 0.1) is 31.9 Å². The van der Waals surface area contributed by atoms with E-state index in [1.54, 1.807) is 62.4 Å². The molecular formula is C46H42Cl4N8O6. The Kier molecular flexibility index (Phi) is 16.6. The van der Waals surface area contributed by atoms with Gasteiger partial charge >= 0.3 is 0 Å². The smallest absolute Gasteiger partial charge is 0.258 e.